The third-order valence-corrected chi connectivity index (χ3v) is 17.6. The molecule has 2 heterocycles. The van der Waals surface area contributed by atoms with Crippen LogP contribution in [0.2, 0.25) is 0 Å². The largest absolute Gasteiger partial charge is 0.308 e. The summed E-state index contributed by atoms with van der Waals surface area (Å²) < 4.78 is 2.66. The minimum atomic E-state index is -0.640. The lowest BCUT2D eigenvalue weighted by Crippen LogP contribution is -2.29. The van der Waals surface area contributed by atoms with E-state index in [0.29, 0.717) is 0 Å². The molecule has 1 aliphatic heterocycles. The molecule has 1 spiro atoms. The van der Waals surface area contributed by atoms with Gasteiger partial charge in [-0.2, -0.15) is 0 Å². The molecule has 0 amide bonds. The van der Waals surface area contributed by atoms with Gasteiger partial charge in [-0.25, -0.2) is 0 Å². The molecule has 0 radical (unpaired) electrons. The molecule has 354 valence electrons. The molecule has 3 heteroatoms. The second-order valence-electron chi connectivity index (χ2n) is 20.2. The highest BCUT2D eigenvalue weighted by molar-refractivity contribution is 7.26. The van der Waals surface area contributed by atoms with Crippen molar-refractivity contribution in [1.29, 1.82) is 0 Å². The van der Waals surface area contributed by atoms with Gasteiger partial charge in [-0.15, -0.1) is 11.3 Å². The average Bonchev–Trinajstić information content (AvgIpc) is 4.17. The summed E-state index contributed by atoms with van der Waals surface area (Å²) in [7, 11) is 0. The minimum Gasteiger partial charge on any atom is -0.308 e. The highest BCUT2D eigenvalue weighted by Crippen LogP contribution is 2.64. The number of fused-ring (bicyclic) bond motifs is 21. The Kier molecular flexibility index (Phi) is 9.45. The van der Waals surface area contributed by atoms with Gasteiger partial charge in [-0.3, -0.25) is 0 Å². The molecular formula is C73H46N2S. The quantitative estimate of drug-likeness (QED) is 0.170. The fourth-order valence-electron chi connectivity index (χ4n) is 13.3. The van der Waals surface area contributed by atoms with E-state index in [4.69, 9.17) is 0 Å². The SMILES string of the molecule is c1ccc(-c2cccc(N(c3ccc4c(c3)-c3ccccc3-c3ccccc3C43c4ccccc4-c4c3ccc3c4sc4ccccc43)c3cccc4c3N(c3ccccc3)c3ccccc3-c3ccccc3-4)c2)cc1. The number of para-hydroxylation sites is 3. The molecule has 2 aliphatic carbocycles. The summed E-state index contributed by atoms with van der Waals surface area (Å²) in [6.07, 6.45) is 0. The van der Waals surface area contributed by atoms with Crippen LogP contribution in [0.25, 0.3) is 86.9 Å². The van der Waals surface area contributed by atoms with Crippen molar-refractivity contribution < 1.29 is 0 Å². The molecular weight excluding hydrogens is 937 g/mol. The van der Waals surface area contributed by atoms with Crippen molar-refractivity contribution in [3.63, 3.8) is 0 Å². The Balaban J connectivity index is 1.02. The zero-order chi connectivity index (χ0) is 49.9. The Labute approximate surface area is 446 Å². The van der Waals surface area contributed by atoms with E-state index >= 15 is 0 Å². The van der Waals surface area contributed by atoms with Crippen molar-refractivity contribution >= 4 is 65.6 Å². The molecule has 0 fully saturated rings. The van der Waals surface area contributed by atoms with Crippen molar-refractivity contribution in [1.82, 2.24) is 0 Å². The molecule has 1 aromatic heterocycles. The van der Waals surface area contributed by atoms with Crippen LogP contribution in [0.15, 0.2) is 279 Å². The lowest BCUT2D eigenvalue weighted by molar-refractivity contribution is 0.776. The van der Waals surface area contributed by atoms with Crippen molar-refractivity contribution in [3.05, 3.63) is 301 Å². The average molecular weight is 983 g/mol. The summed E-state index contributed by atoms with van der Waals surface area (Å²) in [6.45, 7) is 0. The van der Waals surface area contributed by atoms with Crippen LogP contribution in [-0.4, -0.2) is 0 Å². The Morgan fingerprint density at radius 3 is 1.66 bits per heavy atom. The first-order valence-electron chi connectivity index (χ1n) is 26.2. The number of benzene rings is 12. The van der Waals surface area contributed by atoms with Gasteiger partial charge in [0.2, 0.25) is 0 Å². The molecule has 3 aliphatic rings. The van der Waals surface area contributed by atoms with Crippen molar-refractivity contribution in [2.75, 3.05) is 9.80 Å². The first-order chi connectivity index (χ1) is 37.7. The molecule has 1 atom stereocenters. The molecule has 0 N–H and O–H groups in total. The summed E-state index contributed by atoms with van der Waals surface area (Å²) >= 11 is 1.93. The maximum atomic E-state index is 2.53. The molecule has 13 aromatic rings. The standard InChI is InChI=1S/C73H46N2S/c1-3-21-47(22-4-1)48-23-19-26-50(45-48)74(68-39-20-35-59-54-29-9-8-28-53(54)57-32-13-17-38-67(57)75(71(59)68)49-24-5-2-6-25-49)51-41-43-65-62(46-51)55-30-10-7-27-52(55)56-31-11-15-36-63(56)73(65)64-37-16-12-34-61(64)70-66(73)44-42-60-58-33-14-18-40-69(58)76-72(60)70/h1-46H. The van der Waals surface area contributed by atoms with Crippen LogP contribution in [-0.2, 0) is 5.41 Å². The predicted molar refractivity (Wildman–Crippen MR) is 320 cm³/mol. The summed E-state index contributed by atoms with van der Waals surface area (Å²) in [5, 5.41) is 2.63. The molecule has 76 heavy (non-hydrogen) atoms. The molecule has 1 unspecified atom stereocenters. The van der Waals surface area contributed by atoms with E-state index in [2.05, 4.69) is 289 Å². The summed E-state index contributed by atoms with van der Waals surface area (Å²) in [6, 6.07) is 104. The van der Waals surface area contributed by atoms with Crippen molar-refractivity contribution in [2.24, 2.45) is 0 Å². The zero-order valence-corrected chi connectivity index (χ0v) is 42.2. The van der Waals surface area contributed by atoms with Gasteiger partial charge in [0.05, 0.1) is 22.5 Å². The monoisotopic (exact) mass is 982 g/mol. The van der Waals surface area contributed by atoms with Gasteiger partial charge in [0.25, 0.3) is 0 Å². The number of thiophene rings is 1. The second kappa shape index (κ2) is 16.7. The molecule has 0 saturated carbocycles. The Morgan fingerprint density at radius 2 is 0.868 bits per heavy atom. The van der Waals surface area contributed by atoms with E-state index in [1.54, 1.807) is 0 Å². The molecule has 12 aromatic carbocycles. The van der Waals surface area contributed by atoms with E-state index in [1.807, 2.05) is 11.3 Å². The lowest BCUT2D eigenvalue weighted by atomic mass is 9.66. The topological polar surface area (TPSA) is 6.48 Å². The smallest absolute Gasteiger partial charge is 0.0781 e. The van der Waals surface area contributed by atoms with Gasteiger partial charge in [-0.05, 0) is 127 Å². The first kappa shape index (κ1) is 42.9. The normalized spacial score (nSPS) is 14.3. The fraction of sp³-hybridized carbons (Fsp3) is 0.0137. The van der Waals surface area contributed by atoms with Crippen LogP contribution in [0.3, 0.4) is 0 Å². The molecule has 2 nitrogen and oxygen atoms in total. The lowest BCUT2D eigenvalue weighted by Gasteiger charge is -2.37. The van der Waals surface area contributed by atoms with Crippen LogP contribution in [0.4, 0.5) is 34.1 Å². The number of anilines is 6. The highest BCUT2D eigenvalue weighted by atomic mass is 32.1. The fourth-order valence-corrected chi connectivity index (χ4v) is 14.6. The maximum Gasteiger partial charge on any atom is 0.0781 e. The third kappa shape index (κ3) is 6.09. The van der Waals surface area contributed by atoms with E-state index in [-0.39, 0.29) is 0 Å². The third-order valence-electron chi connectivity index (χ3n) is 16.4. The van der Waals surface area contributed by atoms with Gasteiger partial charge in [-0.1, -0.05) is 224 Å². The van der Waals surface area contributed by atoms with Gasteiger partial charge < -0.3 is 9.80 Å². The molecule has 16 rings (SSSR count). The van der Waals surface area contributed by atoms with Gasteiger partial charge in [0.1, 0.15) is 0 Å². The van der Waals surface area contributed by atoms with Crippen LogP contribution >= 0.6 is 11.3 Å². The first-order valence-corrected chi connectivity index (χ1v) is 27.1. The van der Waals surface area contributed by atoms with Crippen molar-refractivity contribution in [2.45, 2.75) is 5.41 Å². The zero-order valence-electron chi connectivity index (χ0n) is 41.4. The Hall–Kier alpha value is -9.54. The van der Waals surface area contributed by atoms with Gasteiger partial charge in [0, 0.05) is 53.9 Å². The molecule has 0 saturated heterocycles. The van der Waals surface area contributed by atoms with Gasteiger partial charge in [0.15, 0.2) is 0 Å². The van der Waals surface area contributed by atoms with Crippen LogP contribution < -0.4 is 9.80 Å². The summed E-state index contributed by atoms with van der Waals surface area (Å²) in [5.41, 5.74) is 25.8. The number of hydrogen-bond donors (Lipinski definition) is 0. The molecule has 0 bridgehead atoms. The van der Waals surface area contributed by atoms with Crippen molar-refractivity contribution in [3.8, 4) is 66.8 Å². The highest BCUT2D eigenvalue weighted by Gasteiger charge is 2.50. The minimum absolute atomic E-state index is 0.640. The Bertz CT molecular complexity index is 4490. The maximum absolute atomic E-state index is 2.53. The van der Waals surface area contributed by atoms with Gasteiger partial charge >= 0.3 is 0 Å². The Morgan fingerprint density at radius 1 is 0.329 bits per heavy atom. The van der Waals surface area contributed by atoms with Crippen LogP contribution in [0, 0.1) is 0 Å². The summed E-state index contributed by atoms with van der Waals surface area (Å²) in [4.78, 5) is 5.03. The van der Waals surface area contributed by atoms with Crippen LogP contribution in [0.5, 0.6) is 0 Å². The van der Waals surface area contributed by atoms with E-state index in [1.165, 1.54) is 104 Å². The number of hydrogen-bond acceptors (Lipinski definition) is 3. The van der Waals surface area contributed by atoms with E-state index < -0.39 is 5.41 Å². The number of rotatable bonds is 5. The van der Waals surface area contributed by atoms with Crippen LogP contribution in [0.1, 0.15) is 22.3 Å². The summed E-state index contributed by atoms with van der Waals surface area (Å²) in [5.74, 6) is 0. The number of nitrogens with zero attached hydrogens (tertiary/aromatic N) is 2. The predicted octanol–water partition coefficient (Wildman–Crippen LogP) is 20.3. The second-order valence-corrected chi connectivity index (χ2v) is 21.3. The van der Waals surface area contributed by atoms with E-state index in [0.717, 1.165) is 39.7 Å². The van der Waals surface area contributed by atoms with E-state index in [9.17, 15) is 0 Å².